The number of aryl methyl sites for hydroxylation is 1. The molecule has 0 aromatic heterocycles. The minimum absolute atomic E-state index is 0.0133. The fourth-order valence-electron chi connectivity index (χ4n) is 3.01. The van der Waals surface area contributed by atoms with Gasteiger partial charge in [0.15, 0.2) is 0 Å². The van der Waals surface area contributed by atoms with Crippen LogP contribution >= 0.6 is 0 Å². The molecule has 6 nitrogen and oxygen atoms in total. The van der Waals surface area contributed by atoms with Crippen LogP contribution in [0.15, 0.2) is 17.0 Å². The number of nitrogens with two attached hydrogens (primary N) is 1. The smallest absolute Gasteiger partial charge is 0.253 e. The van der Waals surface area contributed by atoms with Gasteiger partial charge in [0, 0.05) is 25.3 Å². The van der Waals surface area contributed by atoms with Crippen molar-refractivity contribution in [3.8, 4) is 0 Å². The molecule has 1 aliphatic heterocycles. The van der Waals surface area contributed by atoms with Crippen LogP contribution in [-0.4, -0.2) is 45.0 Å². The fourth-order valence-corrected chi connectivity index (χ4v) is 3.89. The highest BCUT2D eigenvalue weighted by molar-refractivity contribution is 7.89. The number of carbonyl (C=O) groups excluding carboxylic acids is 1. The molecular weight excluding hydrogens is 328 g/mol. The maximum atomic E-state index is 12.9. The third kappa shape index (κ3) is 4.34. The molecule has 0 saturated carbocycles. The van der Waals surface area contributed by atoms with Crippen LogP contribution in [0.3, 0.4) is 0 Å². The molecule has 1 atom stereocenters. The molecule has 0 spiro atoms. The third-order valence-electron chi connectivity index (χ3n) is 4.40. The van der Waals surface area contributed by atoms with Gasteiger partial charge >= 0.3 is 0 Å². The van der Waals surface area contributed by atoms with Gasteiger partial charge in [0.25, 0.3) is 5.91 Å². The van der Waals surface area contributed by atoms with E-state index in [0.717, 1.165) is 31.4 Å². The standard InChI is InChI=1S/C17H26N2O4S/c1-4-7-19(11-15-6-5-8-23-15)17(20)14-9-12(2)13(3)16(10-14)24(18,21)22/h9-10,15H,4-8,11H2,1-3H3,(H2,18,21,22)/t15-/m1/s1. The van der Waals surface area contributed by atoms with Crippen LogP contribution in [0.2, 0.25) is 0 Å². The Hall–Kier alpha value is -1.44. The Kier molecular flexibility index (Phi) is 6.01. The molecule has 7 heteroatoms. The summed E-state index contributed by atoms with van der Waals surface area (Å²) in [5.41, 5.74) is 1.67. The molecule has 2 N–H and O–H groups in total. The Morgan fingerprint density at radius 2 is 2.08 bits per heavy atom. The summed E-state index contributed by atoms with van der Waals surface area (Å²) in [7, 11) is -3.87. The summed E-state index contributed by atoms with van der Waals surface area (Å²) < 4.78 is 29.2. The molecule has 1 fully saturated rings. The highest BCUT2D eigenvalue weighted by Gasteiger charge is 2.25. The van der Waals surface area contributed by atoms with Gasteiger partial charge in [-0.1, -0.05) is 6.92 Å². The van der Waals surface area contributed by atoms with Crippen molar-refractivity contribution >= 4 is 15.9 Å². The van der Waals surface area contributed by atoms with Crippen LogP contribution < -0.4 is 5.14 Å². The fraction of sp³-hybridized carbons (Fsp3) is 0.588. The van der Waals surface area contributed by atoms with Gasteiger partial charge in [0.05, 0.1) is 11.0 Å². The first-order valence-corrected chi connectivity index (χ1v) is 9.83. The Labute approximate surface area is 144 Å². The molecule has 1 aromatic carbocycles. The van der Waals surface area contributed by atoms with Gasteiger partial charge in [-0.15, -0.1) is 0 Å². The number of hydrogen-bond donors (Lipinski definition) is 1. The second-order valence-electron chi connectivity index (χ2n) is 6.35. The predicted molar refractivity (Wildman–Crippen MR) is 92.5 cm³/mol. The van der Waals surface area contributed by atoms with Crippen LogP contribution in [0.5, 0.6) is 0 Å². The molecule has 1 aliphatic rings. The van der Waals surface area contributed by atoms with Crippen molar-refractivity contribution in [2.75, 3.05) is 19.7 Å². The van der Waals surface area contributed by atoms with E-state index in [1.54, 1.807) is 24.8 Å². The quantitative estimate of drug-likeness (QED) is 0.846. The molecule has 1 heterocycles. The minimum atomic E-state index is -3.87. The Balaban J connectivity index is 2.33. The zero-order chi connectivity index (χ0) is 17.9. The van der Waals surface area contributed by atoms with E-state index >= 15 is 0 Å². The lowest BCUT2D eigenvalue weighted by molar-refractivity contribution is 0.0526. The second kappa shape index (κ2) is 7.63. The van der Waals surface area contributed by atoms with E-state index in [4.69, 9.17) is 9.88 Å². The van der Waals surface area contributed by atoms with Gasteiger partial charge < -0.3 is 9.64 Å². The summed E-state index contributed by atoms with van der Waals surface area (Å²) in [5, 5.41) is 5.29. The number of primary sulfonamides is 1. The van der Waals surface area contributed by atoms with Crippen molar-refractivity contribution in [2.45, 2.75) is 51.0 Å². The summed E-state index contributed by atoms with van der Waals surface area (Å²) in [4.78, 5) is 14.7. The molecule has 1 amide bonds. The first kappa shape index (κ1) is 18.9. The van der Waals surface area contributed by atoms with Crippen molar-refractivity contribution in [1.82, 2.24) is 4.90 Å². The van der Waals surface area contributed by atoms with Crippen molar-refractivity contribution in [2.24, 2.45) is 5.14 Å². The van der Waals surface area contributed by atoms with Crippen LogP contribution in [0, 0.1) is 13.8 Å². The third-order valence-corrected chi connectivity index (χ3v) is 5.44. The van der Waals surface area contributed by atoms with Gasteiger partial charge in [-0.2, -0.15) is 0 Å². The molecule has 1 saturated heterocycles. The Morgan fingerprint density at radius 3 is 2.62 bits per heavy atom. The second-order valence-corrected chi connectivity index (χ2v) is 7.88. The van der Waals surface area contributed by atoms with Crippen LogP contribution in [0.1, 0.15) is 47.7 Å². The van der Waals surface area contributed by atoms with Crippen molar-refractivity contribution in [3.05, 3.63) is 28.8 Å². The number of rotatable bonds is 6. The van der Waals surface area contributed by atoms with E-state index in [1.165, 1.54) is 6.07 Å². The maximum Gasteiger partial charge on any atom is 0.253 e. The van der Waals surface area contributed by atoms with Gasteiger partial charge in [0.1, 0.15) is 0 Å². The van der Waals surface area contributed by atoms with E-state index in [2.05, 4.69) is 0 Å². The van der Waals surface area contributed by atoms with Crippen molar-refractivity contribution < 1.29 is 17.9 Å². The normalized spacial score (nSPS) is 17.9. The lowest BCUT2D eigenvalue weighted by Crippen LogP contribution is -2.38. The summed E-state index contributed by atoms with van der Waals surface area (Å²) in [6.07, 6.45) is 2.84. The number of carbonyl (C=O) groups is 1. The monoisotopic (exact) mass is 354 g/mol. The van der Waals surface area contributed by atoms with Gasteiger partial charge in [0.2, 0.25) is 10.0 Å². The number of amides is 1. The summed E-state index contributed by atoms with van der Waals surface area (Å²) in [6, 6.07) is 3.11. The summed E-state index contributed by atoms with van der Waals surface area (Å²) >= 11 is 0. The van der Waals surface area contributed by atoms with E-state index < -0.39 is 10.0 Å². The molecule has 1 aromatic rings. The summed E-state index contributed by atoms with van der Waals surface area (Å²) in [5.74, 6) is -0.180. The number of nitrogens with zero attached hydrogens (tertiary/aromatic N) is 1. The Bertz CT molecular complexity index is 710. The van der Waals surface area contributed by atoms with Crippen LogP contribution in [0.4, 0.5) is 0 Å². The Morgan fingerprint density at radius 1 is 1.38 bits per heavy atom. The summed E-state index contributed by atoms with van der Waals surface area (Å²) in [6.45, 7) is 7.36. The van der Waals surface area contributed by atoms with E-state index in [9.17, 15) is 13.2 Å². The molecule has 0 aliphatic carbocycles. The van der Waals surface area contributed by atoms with Gasteiger partial charge in [-0.25, -0.2) is 13.6 Å². The molecule has 24 heavy (non-hydrogen) atoms. The number of hydrogen-bond acceptors (Lipinski definition) is 4. The lowest BCUT2D eigenvalue weighted by Gasteiger charge is -2.25. The topological polar surface area (TPSA) is 89.7 Å². The molecule has 134 valence electrons. The average Bonchev–Trinajstić information content (AvgIpc) is 3.00. The predicted octanol–water partition coefficient (Wildman–Crippen LogP) is 1.98. The minimum Gasteiger partial charge on any atom is -0.376 e. The van der Waals surface area contributed by atoms with Gasteiger partial charge in [-0.05, 0) is 56.4 Å². The zero-order valence-electron chi connectivity index (χ0n) is 14.5. The largest absolute Gasteiger partial charge is 0.376 e. The van der Waals surface area contributed by atoms with E-state index in [1.807, 2.05) is 6.92 Å². The highest BCUT2D eigenvalue weighted by atomic mass is 32.2. The maximum absolute atomic E-state index is 12.9. The average molecular weight is 354 g/mol. The first-order chi connectivity index (χ1) is 11.2. The van der Waals surface area contributed by atoms with E-state index in [0.29, 0.717) is 24.2 Å². The lowest BCUT2D eigenvalue weighted by atomic mass is 10.0. The SMILES string of the molecule is CCCN(C[C@H]1CCCO1)C(=O)c1cc(C)c(C)c(S(N)(=O)=O)c1. The molecule has 0 bridgehead atoms. The van der Waals surface area contributed by atoms with Crippen LogP contribution in [0.25, 0.3) is 0 Å². The van der Waals surface area contributed by atoms with E-state index in [-0.39, 0.29) is 16.9 Å². The molecular formula is C17H26N2O4S. The molecule has 0 radical (unpaired) electrons. The number of sulfonamides is 1. The highest BCUT2D eigenvalue weighted by Crippen LogP contribution is 2.22. The molecule has 0 unspecified atom stereocenters. The zero-order valence-corrected chi connectivity index (χ0v) is 15.4. The number of benzene rings is 1. The van der Waals surface area contributed by atoms with Crippen LogP contribution in [-0.2, 0) is 14.8 Å². The number of ether oxygens (including phenoxy) is 1. The van der Waals surface area contributed by atoms with Gasteiger partial charge in [-0.3, -0.25) is 4.79 Å². The van der Waals surface area contributed by atoms with Crippen molar-refractivity contribution in [1.29, 1.82) is 0 Å². The molecule has 2 rings (SSSR count). The van der Waals surface area contributed by atoms with Crippen molar-refractivity contribution in [3.63, 3.8) is 0 Å². The first-order valence-electron chi connectivity index (χ1n) is 8.29.